The molecular weight excluding hydrogens is 412 g/mol. The molecule has 2 unspecified atom stereocenters. The van der Waals surface area contributed by atoms with Gasteiger partial charge in [0.05, 0.1) is 0 Å². The van der Waals surface area contributed by atoms with E-state index in [1.54, 1.807) is 48.3 Å². The highest BCUT2D eigenvalue weighted by atomic mass is 19.3. The Kier molecular flexibility index (Phi) is 4.41. The minimum absolute atomic E-state index is 0.0682. The van der Waals surface area contributed by atoms with Gasteiger partial charge in [0.1, 0.15) is 5.92 Å². The third-order valence-corrected chi connectivity index (χ3v) is 5.38. The second-order valence-electron chi connectivity index (χ2n) is 7.13. The summed E-state index contributed by atoms with van der Waals surface area (Å²) >= 11 is 0. The third-order valence-electron chi connectivity index (χ3n) is 5.38. The van der Waals surface area contributed by atoms with Crippen LogP contribution in [0.4, 0.5) is 37.7 Å². The van der Waals surface area contributed by atoms with Gasteiger partial charge in [-0.25, -0.2) is 4.39 Å². The molecule has 0 saturated carbocycles. The number of anilines is 2. The SMILES string of the molecule is CN1c2ccccc2C(C(=O)OC2(F)C=CC(F)C(F)(F)C2(F)F)c2ccccc21. The second kappa shape index (κ2) is 6.52. The van der Waals surface area contributed by atoms with E-state index in [0.717, 1.165) is 0 Å². The van der Waals surface area contributed by atoms with E-state index >= 15 is 0 Å². The number of alkyl halides is 6. The van der Waals surface area contributed by atoms with Crippen molar-refractivity contribution in [1.29, 1.82) is 0 Å². The number of allylic oxidation sites excluding steroid dienone is 1. The number of esters is 1. The van der Waals surface area contributed by atoms with Crippen molar-refractivity contribution in [2.75, 3.05) is 11.9 Å². The van der Waals surface area contributed by atoms with Gasteiger partial charge < -0.3 is 9.64 Å². The molecular formula is C21H15F6NO2. The highest BCUT2D eigenvalue weighted by Gasteiger charge is 2.76. The molecule has 30 heavy (non-hydrogen) atoms. The first-order valence-corrected chi connectivity index (χ1v) is 8.93. The van der Waals surface area contributed by atoms with Crippen molar-refractivity contribution in [2.24, 2.45) is 0 Å². The number of fused-ring (bicyclic) bond motifs is 2. The molecule has 0 fully saturated rings. The summed E-state index contributed by atoms with van der Waals surface area (Å²) < 4.78 is 88.3. The topological polar surface area (TPSA) is 29.5 Å². The predicted molar refractivity (Wildman–Crippen MR) is 96.7 cm³/mol. The predicted octanol–water partition coefficient (Wildman–Crippen LogP) is 5.29. The number of carbonyl (C=O) groups is 1. The fraction of sp³-hybridized carbons (Fsp3) is 0.286. The Morgan fingerprint density at radius 2 is 1.43 bits per heavy atom. The van der Waals surface area contributed by atoms with E-state index in [4.69, 9.17) is 0 Å². The molecule has 0 aromatic heterocycles. The number of nitrogens with zero attached hydrogens (tertiary/aromatic N) is 1. The molecule has 0 N–H and O–H groups in total. The Labute approximate surface area is 167 Å². The van der Waals surface area contributed by atoms with E-state index in [1.807, 2.05) is 0 Å². The molecule has 2 aromatic rings. The molecule has 3 nitrogen and oxygen atoms in total. The largest absolute Gasteiger partial charge is 0.417 e. The maximum absolute atomic E-state index is 14.9. The second-order valence-corrected chi connectivity index (χ2v) is 7.13. The molecule has 0 saturated heterocycles. The van der Waals surface area contributed by atoms with Crippen molar-refractivity contribution in [1.82, 2.24) is 0 Å². The Balaban J connectivity index is 1.78. The van der Waals surface area contributed by atoms with Crippen LogP contribution in [0.2, 0.25) is 0 Å². The molecule has 4 rings (SSSR count). The number of hydrogen-bond acceptors (Lipinski definition) is 3. The quantitative estimate of drug-likeness (QED) is 0.371. The monoisotopic (exact) mass is 427 g/mol. The van der Waals surface area contributed by atoms with E-state index < -0.39 is 35.8 Å². The van der Waals surface area contributed by atoms with E-state index in [1.165, 1.54) is 12.1 Å². The molecule has 0 spiro atoms. The average Bonchev–Trinajstić information content (AvgIpc) is 2.71. The lowest BCUT2D eigenvalue weighted by Gasteiger charge is -2.40. The van der Waals surface area contributed by atoms with Crippen molar-refractivity contribution in [3.05, 3.63) is 71.8 Å². The molecule has 158 valence electrons. The van der Waals surface area contributed by atoms with E-state index in [0.29, 0.717) is 22.5 Å². The van der Waals surface area contributed by atoms with Gasteiger partial charge in [0.15, 0.2) is 6.17 Å². The Morgan fingerprint density at radius 1 is 0.933 bits per heavy atom. The van der Waals surface area contributed by atoms with Crippen LogP contribution < -0.4 is 4.90 Å². The maximum atomic E-state index is 14.9. The molecule has 0 bridgehead atoms. The van der Waals surface area contributed by atoms with Crippen LogP contribution in [-0.4, -0.2) is 36.9 Å². The molecule has 0 radical (unpaired) electrons. The summed E-state index contributed by atoms with van der Waals surface area (Å²) in [5.41, 5.74) is 1.72. The van der Waals surface area contributed by atoms with Crippen molar-refractivity contribution < 1.29 is 35.9 Å². The lowest BCUT2D eigenvalue weighted by Crippen LogP contribution is -2.63. The molecule has 1 heterocycles. The van der Waals surface area contributed by atoms with Gasteiger partial charge in [-0.1, -0.05) is 36.4 Å². The van der Waals surface area contributed by atoms with Crippen molar-refractivity contribution >= 4 is 17.3 Å². The molecule has 1 aliphatic heterocycles. The zero-order valence-electron chi connectivity index (χ0n) is 15.5. The lowest BCUT2D eigenvalue weighted by atomic mass is 9.85. The first kappa shape index (κ1) is 20.3. The summed E-state index contributed by atoms with van der Waals surface area (Å²) in [5, 5.41) is 0. The highest BCUT2D eigenvalue weighted by Crippen LogP contribution is 2.53. The number of halogens is 6. The number of para-hydroxylation sites is 2. The average molecular weight is 427 g/mol. The van der Waals surface area contributed by atoms with Crippen LogP contribution in [0.1, 0.15) is 17.0 Å². The van der Waals surface area contributed by atoms with Crippen LogP contribution in [-0.2, 0) is 9.53 Å². The number of benzene rings is 2. The summed E-state index contributed by atoms with van der Waals surface area (Å²) in [6, 6.07) is 12.9. The Morgan fingerprint density at radius 3 is 1.97 bits per heavy atom. The molecule has 1 aliphatic carbocycles. The Hall–Kier alpha value is -2.97. The van der Waals surface area contributed by atoms with Crippen LogP contribution in [0.3, 0.4) is 0 Å². The molecule has 0 amide bonds. The van der Waals surface area contributed by atoms with Gasteiger partial charge in [-0.15, -0.1) is 0 Å². The summed E-state index contributed by atoms with van der Waals surface area (Å²) in [7, 11) is 1.72. The van der Waals surface area contributed by atoms with Gasteiger partial charge in [0.25, 0.3) is 0 Å². The first-order chi connectivity index (χ1) is 14.0. The van der Waals surface area contributed by atoms with E-state index in [9.17, 15) is 31.1 Å². The molecule has 2 aliphatic rings. The molecule has 9 heteroatoms. The van der Waals surface area contributed by atoms with Crippen LogP contribution in [0.15, 0.2) is 60.7 Å². The standard InChI is InChI=1S/C21H15F6NO2/c1-28-14-8-4-2-6-12(14)17(13-7-3-5-9-15(13)28)18(29)30-19(23)11-10-16(22)20(24,25)21(19,26)27/h2-11,16-17H,1H3. The fourth-order valence-electron chi connectivity index (χ4n) is 3.76. The van der Waals surface area contributed by atoms with Crippen molar-refractivity contribution in [3.63, 3.8) is 0 Å². The van der Waals surface area contributed by atoms with Gasteiger partial charge in [0.2, 0.25) is 0 Å². The van der Waals surface area contributed by atoms with Gasteiger partial charge in [-0.3, -0.25) is 4.79 Å². The smallest absolute Gasteiger partial charge is 0.385 e. The van der Waals surface area contributed by atoms with Crippen molar-refractivity contribution in [3.8, 4) is 0 Å². The minimum Gasteiger partial charge on any atom is -0.417 e. The van der Waals surface area contributed by atoms with Crippen LogP contribution in [0, 0.1) is 0 Å². The zero-order chi connectivity index (χ0) is 21.9. The number of hydrogen-bond donors (Lipinski definition) is 0. The summed E-state index contributed by atoms with van der Waals surface area (Å²) in [4.78, 5) is 14.6. The fourth-order valence-corrected chi connectivity index (χ4v) is 3.76. The van der Waals surface area contributed by atoms with Crippen LogP contribution >= 0.6 is 0 Å². The lowest BCUT2D eigenvalue weighted by molar-refractivity contribution is -0.334. The number of ether oxygens (including phenoxy) is 1. The summed E-state index contributed by atoms with van der Waals surface area (Å²) in [6.07, 6.45) is -3.65. The van der Waals surface area contributed by atoms with E-state index in [-0.39, 0.29) is 12.2 Å². The first-order valence-electron chi connectivity index (χ1n) is 8.93. The van der Waals surface area contributed by atoms with Gasteiger partial charge in [-0.05, 0) is 35.4 Å². The van der Waals surface area contributed by atoms with E-state index in [2.05, 4.69) is 4.74 Å². The summed E-state index contributed by atoms with van der Waals surface area (Å²) in [5.74, 6) is -18.3. The number of carbonyl (C=O) groups excluding carboxylic acids is 1. The summed E-state index contributed by atoms with van der Waals surface area (Å²) in [6.45, 7) is 0. The zero-order valence-corrected chi connectivity index (χ0v) is 15.5. The van der Waals surface area contributed by atoms with Gasteiger partial charge >= 0.3 is 23.7 Å². The normalized spacial score (nSPS) is 26.6. The third kappa shape index (κ3) is 2.64. The van der Waals surface area contributed by atoms with Crippen LogP contribution in [0.25, 0.3) is 0 Å². The maximum Gasteiger partial charge on any atom is 0.385 e. The van der Waals surface area contributed by atoms with Crippen LogP contribution in [0.5, 0.6) is 0 Å². The molecule has 2 atom stereocenters. The Bertz CT molecular complexity index is 992. The minimum atomic E-state index is -5.60. The highest BCUT2D eigenvalue weighted by molar-refractivity contribution is 5.91. The van der Waals surface area contributed by atoms with Crippen molar-refractivity contribution in [2.45, 2.75) is 29.8 Å². The number of rotatable bonds is 2. The molecule has 2 aromatic carbocycles. The van der Waals surface area contributed by atoms with Gasteiger partial charge in [-0.2, -0.15) is 22.0 Å². The van der Waals surface area contributed by atoms with Gasteiger partial charge in [0, 0.05) is 18.4 Å².